The van der Waals surface area contributed by atoms with E-state index < -0.39 is 70.1 Å². The number of carbonyl (C=O) groups is 3. The Morgan fingerprint density at radius 2 is 1.04 bits per heavy atom. The lowest BCUT2D eigenvalue weighted by atomic mass is 10.0. The van der Waals surface area contributed by atoms with Crippen LogP contribution in [0.15, 0.2) is 12.2 Å². The van der Waals surface area contributed by atoms with Crippen LogP contribution in [0.5, 0.6) is 0 Å². The molecule has 15 nitrogen and oxygen atoms in total. The summed E-state index contributed by atoms with van der Waals surface area (Å²) < 4.78 is 22.0. The fraction of sp³-hybridized carbons (Fsp3) is 0.812. The van der Waals surface area contributed by atoms with E-state index in [9.17, 15) is 34.6 Å². The predicted molar refractivity (Wildman–Crippen MR) is 201 cm³/mol. The van der Waals surface area contributed by atoms with Gasteiger partial charge in [0.1, 0.15) is 23.6 Å². The average molecular weight is 805 g/mol. The van der Waals surface area contributed by atoms with Crippen LogP contribution >= 0.6 is 0 Å². The number of carbonyl (C=O) groups excluding carboxylic acids is 5. The van der Waals surface area contributed by atoms with Gasteiger partial charge in [-0.2, -0.15) is 9.59 Å². The minimum atomic E-state index is -1.24. The molecule has 19 heteroatoms. The summed E-state index contributed by atoms with van der Waals surface area (Å²) in [6.07, 6.45) is 5.85. The van der Waals surface area contributed by atoms with Crippen molar-refractivity contribution < 1.29 is 52.8 Å². The fourth-order valence-electron chi connectivity index (χ4n) is 3.87. The standard InChI is InChI=1S/C17H31NO5.C14H25NO6.CO2.S4/c1-7-10-11-15(22-13(8-2)9-3)14(12-18(20)21)16(19)23-17(4,5)6;1-6-10(7-2)20-12(9-16)11(8-15(18)19)13(17)21-14(3,4)5;2-1-3;1-3-4-2/h10-11,13-15H,7-9,12H2,1-6H3;9-12H,6-8H2,1-5H3;;/b11-10+;;;/t14-,15-;11-,12-;;/m11../s1. The molecule has 0 unspecified atom stereocenters. The molecule has 0 saturated carbocycles. The maximum Gasteiger partial charge on any atom is 0.373 e. The van der Waals surface area contributed by atoms with E-state index >= 15 is 0 Å². The van der Waals surface area contributed by atoms with Crippen LogP contribution in [0.1, 0.15) is 108 Å². The molecule has 0 fully saturated rings. The maximum absolute atomic E-state index is 12.4. The van der Waals surface area contributed by atoms with Gasteiger partial charge in [0, 0.05) is 50.0 Å². The zero-order valence-corrected chi connectivity index (χ0v) is 34.7. The Morgan fingerprint density at radius 1 is 0.725 bits per heavy atom. The molecule has 0 aliphatic carbocycles. The molecule has 4 atom stereocenters. The highest BCUT2D eigenvalue weighted by Gasteiger charge is 2.38. The van der Waals surface area contributed by atoms with Gasteiger partial charge in [-0.1, -0.05) is 46.8 Å². The van der Waals surface area contributed by atoms with E-state index in [1.165, 1.54) is 17.8 Å². The molecule has 0 radical (unpaired) electrons. The van der Waals surface area contributed by atoms with Crippen molar-refractivity contribution in [2.45, 2.75) is 144 Å². The Kier molecular flexibility index (Phi) is 34.6. The molecule has 0 spiro atoms. The molecule has 0 aliphatic heterocycles. The second-order valence-electron chi connectivity index (χ2n) is 12.6. The average Bonchev–Trinajstić information content (AvgIpc) is 3.02. The summed E-state index contributed by atoms with van der Waals surface area (Å²) in [4.78, 5) is 72.6. The number of aldehydes is 1. The smallest absolute Gasteiger partial charge is 0.373 e. The monoisotopic (exact) mass is 804 g/mol. The third-order valence-electron chi connectivity index (χ3n) is 6.15. The van der Waals surface area contributed by atoms with Gasteiger partial charge in [0.2, 0.25) is 13.1 Å². The molecule has 0 aromatic heterocycles. The third-order valence-corrected chi connectivity index (χ3v) is 8.37. The molecule has 0 amide bonds. The second-order valence-corrected chi connectivity index (χ2v) is 16.1. The van der Waals surface area contributed by atoms with Gasteiger partial charge < -0.3 is 23.7 Å². The SMILES string of the molecule is CC/C=C/[C@@H](OC(CC)CC)[C@@H](C[N+](=O)[O-])C(=O)OC(C)(C)C.CCC(CC)O[C@H](C=O)[C@@H](C[N+](=O)[O-])C(=O)OC(C)(C)C.O=C=O.S=S=S=S. The van der Waals surface area contributed by atoms with E-state index in [1.54, 1.807) is 47.6 Å². The van der Waals surface area contributed by atoms with Gasteiger partial charge in [-0.25, -0.2) is 0 Å². The number of esters is 2. The second kappa shape index (κ2) is 32.0. The summed E-state index contributed by atoms with van der Waals surface area (Å²) in [5, 5.41) is 21.8. The maximum atomic E-state index is 12.4. The molecular formula is C32H56N2O13S4. The summed E-state index contributed by atoms with van der Waals surface area (Å²) in [7, 11) is 2.34. The number of ether oxygens (including phenoxy) is 4. The lowest BCUT2D eigenvalue weighted by Gasteiger charge is -2.28. The first kappa shape index (κ1) is 55.1. The zero-order valence-electron chi connectivity index (χ0n) is 31.5. The van der Waals surface area contributed by atoms with Crippen LogP contribution in [0.25, 0.3) is 0 Å². The van der Waals surface area contributed by atoms with Gasteiger partial charge in [-0.3, -0.25) is 29.8 Å². The third kappa shape index (κ3) is 32.9. The van der Waals surface area contributed by atoms with Crippen molar-refractivity contribution in [3.8, 4) is 0 Å². The van der Waals surface area contributed by atoms with Crippen LogP contribution in [0.3, 0.4) is 0 Å². The molecule has 0 bridgehead atoms. The van der Waals surface area contributed by atoms with Gasteiger partial charge >= 0.3 is 18.1 Å². The largest absolute Gasteiger partial charge is 0.459 e. The van der Waals surface area contributed by atoms with E-state index in [0.29, 0.717) is 19.1 Å². The van der Waals surface area contributed by atoms with Crippen LogP contribution in [0.2, 0.25) is 0 Å². The van der Waals surface area contributed by atoms with Gasteiger partial charge in [0.15, 0.2) is 11.8 Å². The minimum absolute atomic E-state index is 0.0433. The predicted octanol–water partition coefficient (Wildman–Crippen LogP) is 5.16. The number of nitro groups is 2. The van der Waals surface area contributed by atoms with Gasteiger partial charge in [0.05, 0.1) is 18.3 Å². The van der Waals surface area contributed by atoms with Crippen LogP contribution < -0.4 is 0 Å². The molecule has 296 valence electrons. The summed E-state index contributed by atoms with van der Waals surface area (Å²) in [6, 6.07) is 0. The number of nitrogens with zero attached hydrogens (tertiary/aromatic N) is 2. The summed E-state index contributed by atoms with van der Waals surface area (Å²) >= 11 is 8.66. The molecular weight excluding hydrogens is 749 g/mol. The van der Waals surface area contributed by atoms with Crippen molar-refractivity contribution in [1.29, 1.82) is 0 Å². The number of hydrogen-bond acceptors (Lipinski definition) is 15. The Hall–Kier alpha value is -2.67. The molecule has 51 heavy (non-hydrogen) atoms. The van der Waals surface area contributed by atoms with Crippen molar-refractivity contribution in [3.63, 3.8) is 0 Å². The molecule has 0 N–H and O–H groups in total. The van der Waals surface area contributed by atoms with Gasteiger partial charge in [0.25, 0.3) is 0 Å². The quantitative estimate of drug-likeness (QED) is 0.0543. The van der Waals surface area contributed by atoms with E-state index in [1.807, 2.05) is 40.7 Å². The summed E-state index contributed by atoms with van der Waals surface area (Å²) in [5.74, 6) is -3.57. The highest BCUT2D eigenvalue weighted by atomic mass is 33.2. The Balaban J connectivity index is -0.000000366. The first-order valence-corrected chi connectivity index (χ1v) is 20.3. The molecule has 0 aromatic rings. The van der Waals surface area contributed by atoms with E-state index in [2.05, 4.69) is 22.4 Å². The van der Waals surface area contributed by atoms with Crippen LogP contribution in [0.4, 0.5) is 0 Å². The minimum Gasteiger partial charge on any atom is -0.459 e. The first-order valence-electron chi connectivity index (χ1n) is 16.3. The number of rotatable bonds is 19. The Morgan fingerprint density at radius 3 is 1.27 bits per heavy atom. The van der Waals surface area contributed by atoms with Crippen molar-refractivity contribution >= 4 is 64.5 Å². The van der Waals surface area contributed by atoms with Crippen LogP contribution in [0, 0.1) is 32.1 Å². The van der Waals surface area contributed by atoms with E-state index in [-0.39, 0.29) is 18.4 Å². The Bertz CT molecular complexity index is 1150. The van der Waals surface area contributed by atoms with Crippen molar-refractivity contribution in [2.24, 2.45) is 11.8 Å². The molecule has 0 aliphatic rings. The van der Waals surface area contributed by atoms with Gasteiger partial charge in [-0.05, 0) is 73.6 Å². The Labute approximate surface area is 317 Å². The fourth-order valence-corrected chi connectivity index (χ4v) is 3.87. The van der Waals surface area contributed by atoms with Crippen LogP contribution in [-0.4, -0.2) is 82.9 Å². The number of allylic oxidation sites excluding steroid dienone is 1. The number of hydrogen-bond donors (Lipinski definition) is 0. The van der Waals surface area contributed by atoms with Crippen molar-refractivity contribution in [3.05, 3.63) is 32.4 Å². The molecule has 0 saturated heterocycles. The normalized spacial score (nSPS) is 13.3. The van der Waals surface area contributed by atoms with Crippen molar-refractivity contribution in [2.75, 3.05) is 13.1 Å². The van der Waals surface area contributed by atoms with E-state index in [0.717, 1.165) is 19.3 Å². The first-order chi connectivity index (χ1) is 23.6. The highest BCUT2D eigenvalue weighted by molar-refractivity contribution is 8.51. The van der Waals surface area contributed by atoms with Crippen LogP contribution in [-0.2, 0) is 83.1 Å². The van der Waals surface area contributed by atoms with Gasteiger partial charge in [-0.15, -0.1) is 0 Å². The summed E-state index contributed by atoms with van der Waals surface area (Å²) in [5.41, 5.74) is -1.48. The summed E-state index contributed by atoms with van der Waals surface area (Å²) in [6.45, 7) is 18.7. The van der Waals surface area contributed by atoms with E-state index in [4.69, 9.17) is 28.5 Å². The molecule has 0 heterocycles. The molecule has 0 aromatic carbocycles. The molecule has 0 rings (SSSR count). The lowest BCUT2D eigenvalue weighted by molar-refractivity contribution is -0.488. The topological polar surface area (TPSA) is 209 Å². The highest BCUT2D eigenvalue weighted by Crippen LogP contribution is 2.21. The van der Waals surface area contributed by atoms with Crippen molar-refractivity contribution in [1.82, 2.24) is 0 Å². The zero-order chi connectivity index (χ0) is 40.8. The lowest BCUT2D eigenvalue weighted by Crippen LogP contribution is -2.42.